The first kappa shape index (κ1) is 19.2. The zero-order valence-corrected chi connectivity index (χ0v) is 15.7. The summed E-state index contributed by atoms with van der Waals surface area (Å²) in [5.41, 5.74) is 4.10. The van der Waals surface area contributed by atoms with E-state index in [1.54, 1.807) is 18.2 Å². The number of aromatic nitrogens is 1. The monoisotopic (exact) mass is 343 g/mol. The van der Waals surface area contributed by atoms with E-state index in [0.29, 0.717) is 12.1 Å². The van der Waals surface area contributed by atoms with Crippen LogP contribution in [0.25, 0.3) is 0 Å². The van der Waals surface area contributed by atoms with E-state index in [1.807, 2.05) is 20.0 Å². The van der Waals surface area contributed by atoms with Crippen LogP contribution < -0.4 is 0 Å². The van der Waals surface area contributed by atoms with Crippen molar-refractivity contribution in [2.45, 2.75) is 26.9 Å². The number of hydrogen-bond donors (Lipinski definition) is 1. The number of nitrogens with one attached hydrogen (secondary N) is 1. The fourth-order valence-corrected chi connectivity index (χ4v) is 2.78. The van der Waals surface area contributed by atoms with Gasteiger partial charge >= 0.3 is 0 Å². The van der Waals surface area contributed by atoms with Gasteiger partial charge in [0.05, 0.1) is 12.2 Å². The number of aryl methyl sites for hydroxylation is 1. The van der Waals surface area contributed by atoms with Crippen molar-refractivity contribution in [3.05, 3.63) is 58.9 Å². The molecule has 0 aliphatic heterocycles. The van der Waals surface area contributed by atoms with Crippen LogP contribution in [0.2, 0.25) is 0 Å². The third-order valence-electron chi connectivity index (χ3n) is 4.33. The molecule has 5 heteroatoms. The second-order valence-electron chi connectivity index (χ2n) is 6.41. The third-order valence-corrected chi connectivity index (χ3v) is 4.33. The van der Waals surface area contributed by atoms with E-state index in [0.717, 1.165) is 37.5 Å². The number of ether oxygens (including phenoxy) is 1. The van der Waals surface area contributed by atoms with Gasteiger partial charge in [0.1, 0.15) is 0 Å². The molecule has 0 fully saturated rings. The van der Waals surface area contributed by atoms with Crippen molar-refractivity contribution in [2.75, 3.05) is 33.9 Å². The maximum Gasteiger partial charge on any atom is 0.255 e. The molecule has 5 nitrogen and oxygen atoms in total. The number of H-pyrrole nitrogens is 1. The average Bonchev–Trinajstić information content (AvgIpc) is 3.05. The first-order valence-electron chi connectivity index (χ1n) is 8.73. The van der Waals surface area contributed by atoms with Gasteiger partial charge in [-0.2, -0.15) is 0 Å². The number of carbonyl (C=O) groups excluding carboxylic acids is 1. The predicted molar refractivity (Wildman–Crippen MR) is 101 cm³/mol. The molecule has 0 radical (unpaired) electrons. The van der Waals surface area contributed by atoms with E-state index < -0.39 is 0 Å². The number of carbonyl (C=O) groups is 1. The van der Waals surface area contributed by atoms with Gasteiger partial charge in [-0.3, -0.25) is 9.69 Å². The van der Waals surface area contributed by atoms with E-state index in [2.05, 4.69) is 41.1 Å². The SMILES string of the molecule is CCN(CCOC)Cc1ccc(CN(C)C(=O)c2c[nH]c(C)c2)cc1. The second kappa shape index (κ2) is 9.39. The molecular weight excluding hydrogens is 314 g/mol. The van der Waals surface area contributed by atoms with Gasteiger partial charge in [-0.05, 0) is 30.7 Å². The first-order valence-corrected chi connectivity index (χ1v) is 8.73. The molecule has 2 rings (SSSR count). The summed E-state index contributed by atoms with van der Waals surface area (Å²) in [5.74, 6) is 0.0325. The highest BCUT2D eigenvalue weighted by atomic mass is 16.5. The summed E-state index contributed by atoms with van der Waals surface area (Å²) in [6, 6.07) is 10.4. The number of hydrogen-bond acceptors (Lipinski definition) is 3. The van der Waals surface area contributed by atoms with Crippen molar-refractivity contribution in [1.29, 1.82) is 0 Å². The van der Waals surface area contributed by atoms with E-state index in [1.165, 1.54) is 5.56 Å². The Kier molecular flexibility index (Phi) is 7.22. The molecule has 2 aromatic rings. The minimum Gasteiger partial charge on any atom is -0.383 e. The molecule has 136 valence electrons. The highest BCUT2D eigenvalue weighted by Gasteiger charge is 2.13. The smallest absolute Gasteiger partial charge is 0.255 e. The van der Waals surface area contributed by atoms with E-state index in [4.69, 9.17) is 4.74 Å². The van der Waals surface area contributed by atoms with Crippen molar-refractivity contribution in [3.63, 3.8) is 0 Å². The molecule has 0 spiro atoms. The molecule has 1 aromatic heterocycles. The Hall–Kier alpha value is -2.11. The van der Waals surface area contributed by atoms with Crippen molar-refractivity contribution in [3.8, 4) is 0 Å². The van der Waals surface area contributed by atoms with Crippen LogP contribution in [-0.4, -0.2) is 54.5 Å². The molecule has 1 heterocycles. The fourth-order valence-electron chi connectivity index (χ4n) is 2.78. The lowest BCUT2D eigenvalue weighted by Gasteiger charge is -2.20. The van der Waals surface area contributed by atoms with Gasteiger partial charge in [-0.15, -0.1) is 0 Å². The van der Waals surface area contributed by atoms with Crippen molar-refractivity contribution in [2.24, 2.45) is 0 Å². The third kappa shape index (κ3) is 5.73. The zero-order chi connectivity index (χ0) is 18.2. The molecule has 0 saturated carbocycles. The Balaban J connectivity index is 1.92. The Morgan fingerprint density at radius 3 is 2.32 bits per heavy atom. The highest BCUT2D eigenvalue weighted by molar-refractivity contribution is 5.94. The molecule has 1 aromatic carbocycles. The van der Waals surface area contributed by atoms with Crippen LogP contribution in [0.15, 0.2) is 36.5 Å². The lowest BCUT2D eigenvalue weighted by molar-refractivity contribution is 0.0785. The predicted octanol–water partition coefficient (Wildman–Crippen LogP) is 3.06. The van der Waals surface area contributed by atoms with Gasteiger partial charge in [0, 0.05) is 45.7 Å². The molecular formula is C20H29N3O2. The van der Waals surface area contributed by atoms with Crippen LogP contribution in [0.1, 0.15) is 34.1 Å². The van der Waals surface area contributed by atoms with Crippen LogP contribution in [0.5, 0.6) is 0 Å². The molecule has 0 aliphatic carbocycles. The molecule has 25 heavy (non-hydrogen) atoms. The average molecular weight is 343 g/mol. The largest absolute Gasteiger partial charge is 0.383 e. The van der Waals surface area contributed by atoms with Crippen molar-refractivity contribution >= 4 is 5.91 Å². The van der Waals surface area contributed by atoms with Gasteiger partial charge in [0.2, 0.25) is 0 Å². The summed E-state index contributed by atoms with van der Waals surface area (Å²) in [6.07, 6.45) is 1.76. The summed E-state index contributed by atoms with van der Waals surface area (Å²) >= 11 is 0. The Bertz CT molecular complexity index is 664. The van der Waals surface area contributed by atoms with Gasteiger partial charge < -0.3 is 14.6 Å². The number of rotatable bonds is 9. The summed E-state index contributed by atoms with van der Waals surface area (Å²) in [4.78, 5) is 19.5. The van der Waals surface area contributed by atoms with E-state index in [9.17, 15) is 4.79 Å². The van der Waals surface area contributed by atoms with Crippen molar-refractivity contribution in [1.82, 2.24) is 14.8 Å². The number of likely N-dealkylation sites (N-methyl/N-ethyl adjacent to an activating group) is 1. The maximum absolute atomic E-state index is 12.4. The lowest BCUT2D eigenvalue weighted by Crippen LogP contribution is -2.27. The molecule has 1 N–H and O–H groups in total. The number of aromatic amines is 1. The standard InChI is InChI=1S/C20H29N3O2/c1-5-23(10-11-25-4)15-18-8-6-17(7-9-18)14-22(3)20(24)19-12-16(2)21-13-19/h6-9,12-13,21H,5,10-11,14-15H2,1-4H3. The Morgan fingerprint density at radius 1 is 1.16 bits per heavy atom. The minimum atomic E-state index is 0.0325. The van der Waals surface area contributed by atoms with Crippen LogP contribution in [-0.2, 0) is 17.8 Å². The normalized spacial score (nSPS) is 11.1. The fraction of sp³-hybridized carbons (Fsp3) is 0.450. The maximum atomic E-state index is 12.4. The summed E-state index contributed by atoms with van der Waals surface area (Å²) in [6.45, 7) is 8.30. The van der Waals surface area contributed by atoms with Gasteiger partial charge in [-0.25, -0.2) is 0 Å². The number of amides is 1. The van der Waals surface area contributed by atoms with Gasteiger partial charge in [-0.1, -0.05) is 31.2 Å². The Morgan fingerprint density at radius 2 is 1.80 bits per heavy atom. The number of methoxy groups -OCH3 is 1. The number of benzene rings is 1. The zero-order valence-electron chi connectivity index (χ0n) is 15.7. The lowest BCUT2D eigenvalue weighted by atomic mass is 10.1. The molecule has 0 aliphatic rings. The molecule has 0 unspecified atom stereocenters. The molecule has 0 atom stereocenters. The molecule has 0 bridgehead atoms. The topological polar surface area (TPSA) is 48.6 Å². The van der Waals surface area contributed by atoms with Crippen LogP contribution in [0.4, 0.5) is 0 Å². The highest BCUT2D eigenvalue weighted by Crippen LogP contribution is 2.12. The van der Waals surface area contributed by atoms with Gasteiger partial charge in [0.15, 0.2) is 0 Å². The molecule has 0 saturated heterocycles. The van der Waals surface area contributed by atoms with Crippen LogP contribution >= 0.6 is 0 Å². The van der Waals surface area contributed by atoms with Gasteiger partial charge in [0.25, 0.3) is 5.91 Å². The van der Waals surface area contributed by atoms with E-state index >= 15 is 0 Å². The number of nitrogens with zero attached hydrogens (tertiary/aromatic N) is 2. The van der Waals surface area contributed by atoms with Crippen LogP contribution in [0.3, 0.4) is 0 Å². The second-order valence-corrected chi connectivity index (χ2v) is 6.41. The first-order chi connectivity index (χ1) is 12.0. The minimum absolute atomic E-state index is 0.0325. The summed E-state index contributed by atoms with van der Waals surface area (Å²) < 4.78 is 5.15. The summed E-state index contributed by atoms with van der Waals surface area (Å²) in [5, 5.41) is 0. The Labute approximate surface area is 150 Å². The van der Waals surface area contributed by atoms with Crippen molar-refractivity contribution < 1.29 is 9.53 Å². The van der Waals surface area contributed by atoms with Crippen LogP contribution in [0, 0.1) is 6.92 Å². The van der Waals surface area contributed by atoms with E-state index in [-0.39, 0.29) is 5.91 Å². The molecule has 1 amide bonds. The summed E-state index contributed by atoms with van der Waals surface area (Å²) in [7, 11) is 3.57. The quantitative estimate of drug-likeness (QED) is 0.761.